The quantitative estimate of drug-likeness (QED) is 0.309. The third kappa shape index (κ3) is 5.90. The number of carbonyl (C=O) groups is 3. The van der Waals surface area contributed by atoms with Crippen molar-refractivity contribution in [1.29, 1.82) is 0 Å². The second kappa shape index (κ2) is 11.0. The summed E-state index contributed by atoms with van der Waals surface area (Å²) in [6, 6.07) is 7.68. The number of esters is 2. The van der Waals surface area contributed by atoms with Crippen molar-refractivity contribution >= 4 is 17.7 Å². The Morgan fingerprint density at radius 2 is 1.38 bits per heavy atom. The molecule has 0 spiro atoms. The van der Waals surface area contributed by atoms with Crippen LogP contribution in [0.2, 0.25) is 0 Å². The normalized spacial score (nSPS) is 11.2. The van der Waals surface area contributed by atoms with Gasteiger partial charge < -0.3 is 28.4 Å². The Morgan fingerprint density at radius 1 is 0.750 bits per heavy atom. The number of benzene rings is 2. The van der Waals surface area contributed by atoms with Crippen LogP contribution in [0.15, 0.2) is 30.3 Å². The van der Waals surface area contributed by atoms with E-state index < -0.39 is 23.8 Å². The van der Waals surface area contributed by atoms with Crippen LogP contribution < -0.4 is 23.7 Å². The summed E-state index contributed by atoms with van der Waals surface area (Å²) in [5.74, 6) is -0.0829. The van der Waals surface area contributed by atoms with Crippen molar-refractivity contribution in [2.75, 3.05) is 28.4 Å². The Morgan fingerprint density at radius 3 is 1.91 bits per heavy atom. The van der Waals surface area contributed by atoms with E-state index in [4.69, 9.17) is 28.4 Å². The van der Waals surface area contributed by atoms with E-state index in [9.17, 15) is 14.4 Å². The predicted molar refractivity (Wildman–Crippen MR) is 114 cm³/mol. The van der Waals surface area contributed by atoms with E-state index >= 15 is 0 Å². The van der Waals surface area contributed by atoms with Crippen molar-refractivity contribution in [2.45, 2.75) is 26.4 Å². The van der Waals surface area contributed by atoms with Crippen LogP contribution in [0.25, 0.3) is 0 Å². The molecule has 2 aromatic rings. The zero-order valence-electron chi connectivity index (χ0n) is 18.8. The van der Waals surface area contributed by atoms with Gasteiger partial charge in [-0.2, -0.15) is 0 Å². The van der Waals surface area contributed by atoms with E-state index in [1.54, 1.807) is 18.2 Å². The summed E-state index contributed by atoms with van der Waals surface area (Å²) in [6.45, 7) is 2.45. The number of Topliss-reactive ketones (excluding diaryl/α,β-unsaturated/α-hetero) is 1. The SMILES string of the molecule is COc1cc(OC)c(CC(OC(C)=O)C(=O)c2ccc(OC)c(OC)c2)c(OC(C)=O)c1. The Bertz CT molecular complexity index is 997. The minimum atomic E-state index is -1.22. The molecule has 1 atom stereocenters. The molecule has 9 heteroatoms. The smallest absolute Gasteiger partial charge is 0.308 e. The first-order valence-corrected chi connectivity index (χ1v) is 9.60. The van der Waals surface area contributed by atoms with Gasteiger partial charge in [0.2, 0.25) is 5.78 Å². The van der Waals surface area contributed by atoms with Gasteiger partial charge in [0.15, 0.2) is 17.6 Å². The molecule has 0 amide bonds. The Labute approximate surface area is 186 Å². The molecule has 0 radical (unpaired) electrons. The van der Waals surface area contributed by atoms with Gasteiger partial charge in [0.1, 0.15) is 17.2 Å². The number of hydrogen-bond acceptors (Lipinski definition) is 9. The Hall–Kier alpha value is -3.75. The highest BCUT2D eigenvalue weighted by molar-refractivity contribution is 6.01. The summed E-state index contributed by atoms with van der Waals surface area (Å²) < 4.78 is 31.7. The van der Waals surface area contributed by atoms with Crippen LogP contribution in [-0.4, -0.2) is 52.3 Å². The zero-order chi connectivity index (χ0) is 23.8. The molecule has 0 heterocycles. The highest BCUT2D eigenvalue weighted by Crippen LogP contribution is 2.36. The van der Waals surface area contributed by atoms with Crippen molar-refractivity contribution in [3.63, 3.8) is 0 Å². The highest BCUT2D eigenvalue weighted by atomic mass is 16.6. The predicted octanol–water partition coefficient (Wildman–Crippen LogP) is 3.00. The van der Waals surface area contributed by atoms with Crippen molar-refractivity contribution in [2.24, 2.45) is 0 Å². The van der Waals surface area contributed by atoms with E-state index in [0.29, 0.717) is 28.6 Å². The zero-order valence-corrected chi connectivity index (χ0v) is 18.8. The fourth-order valence-corrected chi connectivity index (χ4v) is 3.09. The lowest BCUT2D eigenvalue weighted by atomic mass is 9.98. The molecule has 0 bridgehead atoms. The molecule has 0 aliphatic heterocycles. The van der Waals surface area contributed by atoms with E-state index in [2.05, 4.69) is 0 Å². The maximum Gasteiger partial charge on any atom is 0.308 e. The highest BCUT2D eigenvalue weighted by Gasteiger charge is 2.28. The lowest BCUT2D eigenvalue weighted by Crippen LogP contribution is -2.29. The molecule has 0 N–H and O–H groups in total. The Kier molecular flexibility index (Phi) is 8.46. The standard InChI is InChI=1S/C23H26O9/c1-13(24)31-20-11-16(27-3)10-19(29-5)17(20)12-22(32-14(2)25)23(26)15-7-8-18(28-4)21(9-15)30-6/h7-11,22H,12H2,1-6H3. The van der Waals surface area contributed by atoms with Crippen LogP contribution in [-0.2, 0) is 20.7 Å². The van der Waals surface area contributed by atoms with Gasteiger partial charge in [0.05, 0.1) is 28.4 Å². The molecule has 0 aliphatic rings. The monoisotopic (exact) mass is 446 g/mol. The molecular formula is C23H26O9. The molecule has 0 fully saturated rings. The van der Waals surface area contributed by atoms with Gasteiger partial charge in [-0.1, -0.05) is 0 Å². The molecule has 1 unspecified atom stereocenters. The molecule has 0 aromatic heterocycles. The lowest BCUT2D eigenvalue weighted by molar-refractivity contribution is -0.144. The van der Waals surface area contributed by atoms with Gasteiger partial charge in [-0.3, -0.25) is 14.4 Å². The third-order valence-electron chi connectivity index (χ3n) is 4.51. The topological polar surface area (TPSA) is 107 Å². The van der Waals surface area contributed by atoms with Gasteiger partial charge in [0, 0.05) is 43.5 Å². The average molecular weight is 446 g/mol. The van der Waals surface area contributed by atoms with E-state index in [0.717, 1.165) is 0 Å². The van der Waals surface area contributed by atoms with E-state index in [-0.39, 0.29) is 17.7 Å². The van der Waals surface area contributed by atoms with Crippen LogP contribution in [0.5, 0.6) is 28.7 Å². The number of hydrogen-bond donors (Lipinski definition) is 0. The summed E-state index contributed by atoms with van der Waals surface area (Å²) in [7, 11) is 5.80. The van der Waals surface area contributed by atoms with Crippen molar-refractivity contribution in [1.82, 2.24) is 0 Å². The summed E-state index contributed by atoms with van der Waals surface area (Å²) in [6.07, 6.45) is -1.33. The van der Waals surface area contributed by atoms with Gasteiger partial charge in [0.25, 0.3) is 0 Å². The Balaban J connectivity index is 2.52. The average Bonchev–Trinajstić information content (AvgIpc) is 2.77. The fraction of sp³-hybridized carbons (Fsp3) is 0.348. The lowest BCUT2D eigenvalue weighted by Gasteiger charge is -2.20. The van der Waals surface area contributed by atoms with Crippen LogP contribution in [0.1, 0.15) is 29.8 Å². The maximum absolute atomic E-state index is 13.3. The molecule has 0 aliphatic carbocycles. The first-order valence-electron chi connectivity index (χ1n) is 9.60. The molecule has 0 saturated heterocycles. The van der Waals surface area contributed by atoms with Crippen LogP contribution in [0, 0.1) is 0 Å². The summed E-state index contributed by atoms with van der Waals surface area (Å²) in [5.41, 5.74) is 0.610. The summed E-state index contributed by atoms with van der Waals surface area (Å²) in [5, 5.41) is 0. The van der Waals surface area contributed by atoms with Crippen molar-refractivity contribution < 1.29 is 42.8 Å². The molecule has 0 saturated carbocycles. The second-order valence-corrected chi connectivity index (χ2v) is 6.64. The van der Waals surface area contributed by atoms with Crippen molar-refractivity contribution in [3.05, 3.63) is 41.5 Å². The summed E-state index contributed by atoms with van der Waals surface area (Å²) >= 11 is 0. The molecule has 2 rings (SSSR count). The molecule has 9 nitrogen and oxygen atoms in total. The van der Waals surface area contributed by atoms with E-state index in [1.807, 2.05) is 0 Å². The van der Waals surface area contributed by atoms with Crippen LogP contribution >= 0.6 is 0 Å². The second-order valence-electron chi connectivity index (χ2n) is 6.64. The minimum absolute atomic E-state index is 0.109. The number of methoxy groups -OCH3 is 4. The largest absolute Gasteiger partial charge is 0.496 e. The molecule has 2 aromatic carbocycles. The maximum atomic E-state index is 13.3. The number of rotatable bonds is 10. The molecule has 32 heavy (non-hydrogen) atoms. The minimum Gasteiger partial charge on any atom is -0.496 e. The summed E-state index contributed by atoms with van der Waals surface area (Å²) in [4.78, 5) is 36.7. The van der Waals surface area contributed by atoms with Crippen LogP contribution in [0.3, 0.4) is 0 Å². The van der Waals surface area contributed by atoms with Crippen LogP contribution in [0.4, 0.5) is 0 Å². The van der Waals surface area contributed by atoms with E-state index in [1.165, 1.54) is 54.4 Å². The molecule has 172 valence electrons. The first-order chi connectivity index (χ1) is 15.2. The number of carbonyl (C=O) groups excluding carboxylic acids is 3. The van der Waals surface area contributed by atoms with Gasteiger partial charge in [-0.15, -0.1) is 0 Å². The first kappa shape index (κ1) is 24.5. The fourth-order valence-electron chi connectivity index (χ4n) is 3.09. The third-order valence-corrected chi connectivity index (χ3v) is 4.51. The van der Waals surface area contributed by atoms with Gasteiger partial charge >= 0.3 is 11.9 Å². The van der Waals surface area contributed by atoms with Crippen molar-refractivity contribution in [3.8, 4) is 28.7 Å². The number of ketones is 1. The van der Waals surface area contributed by atoms with Gasteiger partial charge in [-0.05, 0) is 18.2 Å². The van der Waals surface area contributed by atoms with Gasteiger partial charge in [-0.25, -0.2) is 0 Å². The molecular weight excluding hydrogens is 420 g/mol. The number of ether oxygens (including phenoxy) is 6.